The Kier molecular flexibility index (Phi) is 4.58. The SMILES string of the molecule is Cc1cn(-c2ccc3n(c2=O)CCN(CCc2ccc(Cl)cc2)C3=O)cn1. The average Bonchev–Trinajstić information content (AvgIpc) is 3.09. The number of amides is 1. The van der Waals surface area contributed by atoms with Crippen LogP contribution in [-0.4, -0.2) is 38.0 Å². The van der Waals surface area contributed by atoms with Gasteiger partial charge in [0, 0.05) is 30.9 Å². The zero-order valence-corrected chi connectivity index (χ0v) is 15.7. The molecule has 27 heavy (non-hydrogen) atoms. The second kappa shape index (κ2) is 7.04. The summed E-state index contributed by atoms with van der Waals surface area (Å²) in [6.07, 6.45) is 4.16. The topological polar surface area (TPSA) is 60.1 Å². The molecule has 3 aromatic rings. The molecule has 138 valence electrons. The Morgan fingerprint density at radius 3 is 2.56 bits per heavy atom. The van der Waals surface area contributed by atoms with Crippen LogP contribution in [0.25, 0.3) is 5.69 Å². The highest BCUT2D eigenvalue weighted by Gasteiger charge is 2.25. The molecule has 0 bridgehead atoms. The van der Waals surface area contributed by atoms with Gasteiger partial charge in [-0.25, -0.2) is 4.98 Å². The first-order valence-electron chi connectivity index (χ1n) is 8.81. The Labute approximate surface area is 161 Å². The number of fused-ring (bicyclic) bond motifs is 1. The van der Waals surface area contributed by atoms with Crippen molar-refractivity contribution in [3.63, 3.8) is 0 Å². The van der Waals surface area contributed by atoms with Crippen LogP contribution in [0.4, 0.5) is 0 Å². The maximum atomic E-state index is 12.8. The minimum atomic E-state index is -0.171. The second-order valence-electron chi connectivity index (χ2n) is 6.65. The molecule has 0 spiro atoms. The maximum absolute atomic E-state index is 12.8. The Morgan fingerprint density at radius 1 is 1.07 bits per heavy atom. The Morgan fingerprint density at radius 2 is 1.85 bits per heavy atom. The molecule has 0 saturated carbocycles. The third-order valence-corrected chi connectivity index (χ3v) is 5.08. The first kappa shape index (κ1) is 17.5. The summed E-state index contributed by atoms with van der Waals surface area (Å²) in [4.78, 5) is 31.6. The number of pyridine rings is 1. The first-order chi connectivity index (χ1) is 13.0. The average molecular weight is 383 g/mol. The quantitative estimate of drug-likeness (QED) is 0.697. The summed E-state index contributed by atoms with van der Waals surface area (Å²) >= 11 is 5.91. The van der Waals surface area contributed by atoms with E-state index in [0.717, 1.165) is 17.7 Å². The molecule has 1 aliphatic heterocycles. The van der Waals surface area contributed by atoms with E-state index in [-0.39, 0.29) is 11.5 Å². The van der Waals surface area contributed by atoms with Gasteiger partial charge in [0.1, 0.15) is 11.4 Å². The van der Waals surface area contributed by atoms with Gasteiger partial charge in [-0.1, -0.05) is 23.7 Å². The van der Waals surface area contributed by atoms with Crippen molar-refractivity contribution in [1.29, 1.82) is 0 Å². The molecule has 7 heteroatoms. The molecule has 0 atom stereocenters. The lowest BCUT2D eigenvalue weighted by Crippen LogP contribution is -2.45. The maximum Gasteiger partial charge on any atom is 0.275 e. The fourth-order valence-corrected chi connectivity index (χ4v) is 3.46. The fraction of sp³-hybridized carbons (Fsp3) is 0.250. The lowest BCUT2D eigenvalue weighted by Gasteiger charge is -2.29. The molecule has 1 aliphatic rings. The molecule has 0 fully saturated rings. The summed E-state index contributed by atoms with van der Waals surface area (Å²) in [5.74, 6) is -0.110. The molecule has 0 aliphatic carbocycles. The van der Waals surface area contributed by atoms with Crippen molar-refractivity contribution >= 4 is 17.5 Å². The van der Waals surface area contributed by atoms with Crippen molar-refractivity contribution in [3.8, 4) is 5.69 Å². The number of hydrogen-bond donors (Lipinski definition) is 0. The summed E-state index contributed by atoms with van der Waals surface area (Å²) in [6, 6.07) is 11.0. The van der Waals surface area contributed by atoms with Crippen molar-refractivity contribution in [2.75, 3.05) is 13.1 Å². The second-order valence-corrected chi connectivity index (χ2v) is 7.09. The first-order valence-corrected chi connectivity index (χ1v) is 9.19. The number of rotatable bonds is 4. The van der Waals surface area contributed by atoms with Gasteiger partial charge in [-0.2, -0.15) is 0 Å². The van der Waals surface area contributed by atoms with Crippen molar-refractivity contribution < 1.29 is 4.79 Å². The van der Waals surface area contributed by atoms with Gasteiger partial charge in [-0.15, -0.1) is 0 Å². The molecule has 0 unspecified atom stereocenters. The zero-order valence-electron chi connectivity index (χ0n) is 14.9. The Hall–Kier alpha value is -2.86. The molecule has 1 amide bonds. The van der Waals surface area contributed by atoms with E-state index >= 15 is 0 Å². The van der Waals surface area contributed by atoms with E-state index in [2.05, 4.69) is 4.98 Å². The van der Waals surface area contributed by atoms with E-state index < -0.39 is 0 Å². The van der Waals surface area contributed by atoms with Gasteiger partial charge < -0.3 is 14.0 Å². The smallest absolute Gasteiger partial charge is 0.275 e. The number of carbonyl (C=O) groups is 1. The molecule has 0 saturated heterocycles. The number of halogens is 1. The highest BCUT2D eigenvalue weighted by molar-refractivity contribution is 6.30. The summed E-state index contributed by atoms with van der Waals surface area (Å²) < 4.78 is 3.26. The molecule has 1 aromatic carbocycles. The predicted octanol–water partition coefficient (Wildman–Crippen LogP) is 2.69. The number of nitrogens with zero attached hydrogens (tertiary/aromatic N) is 4. The van der Waals surface area contributed by atoms with Crippen LogP contribution in [0, 0.1) is 6.92 Å². The lowest BCUT2D eigenvalue weighted by atomic mass is 10.1. The zero-order chi connectivity index (χ0) is 19.0. The predicted molar refractivity (Wildman–Crippen MR) is 104 cm³/mol. The fourth-order valence-electron chi connectivity index (χ4n) is 3.34. The van der Waals surface area contributed by atoms with E-state index in [1.807, 2.05) is 31.2 Å². The number of benzene rings is 1. The molecule has 6 nitrogen and oxygen atoms in total. The molecular weight excluding hydrogens is 364 g/mol. The van der Waals surface area contributed by atoms with Gasteiger partial charge in [0.2, 0.25) is 0 Å². The van der Waals surface area contributed by atoms with Crippen LogP contribution in [0.1, 0.15) is 21.7 Å². The molecular formula is C20H19ClN4O2. The van der Waals surface area contributed by atoms with Crippen LogP contribution in [0.3, 0.4) is 0 Å². The summed E-state index contributed by atoms with van der Waals surface area (Å²) in [5.41, 5.74) is 2.72. The number of aryl methyl sites for hydroxylation is 1. The summed E-state index contributed by atoms with van der Waals surface area (Å²) in [7, 11) is 0. The normalized spacial score (nSPS) is 13.7. The van der Waals surface area contributed by atoms with Crippen LogP contribution in [0.2, 0.25) is 5.02 Å². The minimum Gasteiger partial charge on any atom is -0.335 e. The molecule has 4 rings (SSSR count). The van der Waals surface area contributed by atoms with E-state index in [0.29, 0.717) is 36.0 Å². The van der Waals surface area contributed by atoms with Crippen molar-refractivity contribution in [3.05, 3.63) is 81.3 Å². The number of imidazole rings is 1. The molecule has 2 aromatic heterocycles. The number of hydrogen-bond acceptors (Lipinski definition) is 3. The van der Waals surface area contributed by atoms with E-state index in [4.69, 9.17) is 11.6 Å². The van der Waals surface area contributed by atoms with Crippen LogP contribution < -0.4 is 5.56 Å². The van der Waals surface area contributed by atoms with Gasteiger partial charge in [0.25, 0.3) is 11.5 Å². The molecule has 3 heterocycles. The van der Waals surface area contributed by atoms with Crippen LogP contribution in [0.15, 0.2) is 53.7 Å². The van der Waals surface area contributed by atoms with Gasteiger partial charge in [0.05, 0.1) is 12.0 Å². The standard InChI is InChI=1S/C20H19ClN4O2/c1-14-12-24(13-22-14)17-6-7-18-19(26)23(10-11-25(18)20(17)27)9-8-15-2-4-16(21)5-3-15/h2-7,12-13H,8-11H2,1H3. The highest BCUT2D eigenvalue weighted by atomic mass is 35.5. The highest BCUT2D eigenvalue weighted by Crippen LogP contribution is 2.15. The molecule has 0 N–H and O–H groups in total. The minimum absolute atomic E-state index is 0.110. The van der Waals surface area contributed by atoms with Crippen molar-refractivity contribution in [2.24, 2.45) is 0 Å². The van der Waals surface area contributed by atoms with E-state index in [1.54, 1.807) is 38.7 Å². The Balaban J connectivity index is 1.55. The van der Waals surface area contributed by atoms with Gasteiger partial charge >= 0.3 is 0 Å². The summed E-state index contributed by atoms with van der Waals surface area (Å²) in [6.45, 7) is 3.49. The van der Waals surface area contributed by atoms with Crippen LogP contribution in [0.5, 0.6) is 0 Å². The van der Waals surface area contributed by atoms with Gasteiger partial charge in [0.15, 0.2) is 0 Å². The number of aromatic nitrogens is 3. The van der Waals surface area contributed by atoms with Gasteiger partial charge in [-0.3, -0.25) is 9.59 Å². The van der Waals surface area contributed by atoms with Crippen molar-refractivity contribution in [1.82, 2.24) is 19.0 Å². The van der Waals surface area contributed by atoms with Crippen molar-refractivity contribution in [2.45, 2.75) is 19.9 Å². The summed E-state index contributed by atoms with van der Waals surface area (Å²) in [5, 5.41) is 0.699. The van der Waals surface area contributed by atoms with E-state index in [9.17, 15) is 9.59 Å². The third-order valence-electron chi connectivity index (χ3n) is 4.83. The molecule has 0 radical (unpaired) electrons. The Bertz CT molecular complexity index is 1050. The largest absolute Gasteiger partial charge is 0.335 e. The van der Waals surface area contributed by atoms with Gasteiger partial charge in [-0.05, 0) is 43.2 Å². The monoisotopic (exact) mass is 382 g/mol. The third kappa shape index (κ3) is 3.40. The van der Waals surface area contributed by atoms with Crippen LogP contribution >= 0.6 is 11.6 Å². The number of carbonyl (C=O) groups excluding carboxylic acids is 1. The van der Waals surface area contributed by atoms with E-state index in [1.165, 1.54) is 0 Å². The van der Waals surface area contributed by atoms with Crippen LogP contribution in [-0.2, 0) is 13.0 Å². The lowest BCUT2D eigenvalue weighted by molar-refractivity contribution is 0.0702.